The molecule has 7 heteroatoms. The first kappa shape index (κ1) is 19.6. The molecule has 1 N–H and O–H groups in total. The number of hydrogen-bond acceptors (Lipinski definition) is 3. The van der Waals surface area contributed by atoms with Crippen LogP contribution in [0.1, 0.15) is 61.7 Å². The van der Waals surface area contributed by atoms with Crippen LogP contribution in [0.5, 0.6) is 0 Å². The van der Waals surface area contributed by atoms with Crippen LogP contribution in [0.25, 0.3) is 0 Å². The van der Waals surface area contributed by atoms with Crippen molar-refractivity contribution in [2.24, 2.45) is 5.92 Å². The van der Waals surface area contributed by atoms with E-state index in [2.05, 4.69) is 5.32 Å². The zero-order chi connectivity index (χ0) is 18.6. The lowest BCUT2D eigenvalue weighted by molar-refractivity contribution is 0.0943. The largest absolute Gasteiger partial charge is 0.352 e. The Balaban J connectivity index is 1.73. The molecule has 0 aromatic heterocycles. The van der Waals surface area contributed by atoms with Gasteiger partial charge in [-0.1, -0.05) is 37.3 Å². The Hall–Kier alpha value is -1.11. The molecule has 1 heterocycles. The second-order valence-corrected chi connectivity index (χ2v) is 9.64. The zero-order valence-electron chi connectivity index (χ0n) is 15.0. The lowest BCUT2D eigenvalue weighted by Crippen LogP contribution is -2.36. The highest BCUT2D eigenvalue weighted by molar-refractivity contribution is 7.89. The number of benzene rings is 1. The molecule has 0 bridgehead atoms. The molecule has 0 unspecified atom stereocenters. The number of hydrogen-bond donors (Lipinski definition) is 1. The van der Waals surface area contributed by atoms with Crippen molar-refractivity contribution in [1.82, 2.24) is 9.62 Å². The normalized spacial score (nSPS) is 20.0. The number of sulfonamides is 1. The number of piperidine rings is 1. The summed E-state index contributed by atoms with van der Waals surface area (Å²) in [5.74, 6) is 0.291. The molecule has 5 nitrogen and oxygen atoms in total. The van der Waals surface area contributed by atoms with E-state index in [9.17, 15) is 13.2 Å². The summed E-state index contributed by atoms with van der Waals surface area (Å²) in [4.78, 5) is 12.5. The fourth-order valence-electron chi connectivity index (χ4n) is 3.82. The number of nitrogens with one attached hydrogen (secondary N) is 1. The third-order valence-corrected chi connectivity index (χ3v) is 7.78. The van der Waals surface area contributed by atoms with Gasteiger partial charge in [0.15, 0.2) is 0 Å². The highest BCUT2D eigenvalue weighted by atomic mass is 35.5. The predicted molar refractivity (Wildman–Crippen MR) is 103 cm³/mol. The van der Waals surface area contributed by atoms with Crippen LogP contribution in [0.2, 0.25) is 5.02 Å². The predicted octanol–water partition coefficient (Wildman–Crippen LogP) is 3.82. The number of amides is 1. The van der Waals surface area contributed by atoms with Gasteiger partial charge in [0.25, 0.3) is 5.91 Å². The number of halogens is 1. The first-order chi connectivity index (χ1) is 12.5. The quantitative estimate of drug-likeness (QED) is 0.819. The van der Waals surface area contributed by atoms with E-state index < -0.39 is 10.0 Å². The molecule has 0 radical (unpaired) electrons. The average Bonchev–Trinajstić information content (AvgIpc) is 2.68. The molecule has 144 valence electrons. The van der Waals surface area contributed by atoms with Gasteiger partial charge in [0.2, 0.25) is 10.0 Å². The van der Waals surface area contributed by atoms with Crippen molar-refractivity contribution in [1.29, 1.82) is 0 Å². The summed E-state index contributed by atoms with van der Waals surface area (Å²) in [6.07, 6.45) is 8.78. The van der Waals surface area contributed by atoms with E-state index in [1.54, 1.807) is 6.07 Å². The fraction of sp³-hybridized carbons (Fsp3) is 0.632. The molecule has 3 rings (SSSR count). The maximum Gasteiger partial charge on any atom is 0.251 e. The minimum absolute atomic E-state index is 0.0337. The lowest BCUT2D eigenvalue weighted by atomic mass is 9.89. The van der Waals surface area contributed by atoms with Crippen LogP contribution in [0.4, 0.5) is 0 Å². The first-order valence-electron chi connectivity index (χ1n) is 9.56. The SMILES string of the molecule is O=C(NCC1CCCCC1)c1ccc(Cl)c(S(=O)(=O)N2CCCCC2)c1. The summed E-state index contributed by atoms with van der Waals surface area (Å²) in [6, 6.07) is 4.52. The Bertz CT molecular complexity index is 739. The van der Waals surface area contributed by atoms with Gasteiger partial charge in [0.05, 0.1) is 5.02 Å². The molecular weight excluding hydrogens is 372 g/mol. The van der Waals surface area contributed by atoms with Crippen LogP contribution in [-0.2, 0) is 10.0 Å². The van der Waals surface area contributed by atoms with E-state index in [0.717, 1.165) is 32.1 Å². The summed E-state index contributed by atoms with van der Waals surface area (Å²) in [7, 11) is -3.66. The van der Waals surface area contributed by atoms with Crippen LogP contribution in [0.3, 0.4) is 0 Å². The molecule has 2 fully saturated rings. The second kappa shape index (κ2) is 8.72. The second-order valence-electron chi connectivity index (χ2n) is 7.32. The Labute approximate surface area is 161 Å². The number of rotatable bonds is 5. The summed E-state index contributed by atoms with van der Waals surface area (Å²) >= 11 is 6.17. The summed E-state index contributed by atoms with van der Waals surface area (Å²) in [5.41, 5.74) is 0.348. The molecule has 1 aromatic rings. The van der Waals surface area contributed by atoms with E-state index in [1.165, 1.54) is 35.7 Å². The lowest BCUT2D eigenvalue weighted by Gasteiger charge is -2.26. The standard InChI is InChI=1S/C19H27ClN2O3S/c20-17-10-9-16(19(23)21-14-15-7-3-1-4-8-15)13-18(17)26(24,25)22-11-5-2-6-12-22/h9-10,13,15H,1-8,11-12,14H2,(H,21,23). The Kier molecular flexibility index (Phi) is 6.59. The minimum Gasteiger partial charge on any atom is -0.352 e. The van der Waals surface area contributed by atoms with Crippen molar-refractivity contribution >= 4 is 27.5 Å². The van der Waals surface area contributed by atoms with Crippen molar-refractivity contribution in [3.05, 3.63) is 28.8 Å². The van der Waals surface area contributed by atoms with Crippen molar-refractivity contribution in [2.45, 2.75) is 56.3 Å². The van der Waals surface area contributed by atoms with Gasteiger partial charge >= 0.3 is 0 Å². The van der Waals surface area contributed by atoms with E-state index in [-0.39, 0.29) is 15.8 Å². The third-order valence-electron chi connectivity index (χ3n) is 5.40. The van der Waals surface area contributed by atoms with Crippen LogP contribution in [-0.4, -0.2) is 38.3 Å². The van der Waals surface area contributed by atoms with Gasteiger partial charge in [0, 0.05) is 25.2 Å². The highest BCUT2D eigenvalue weighted by Crippen LogP contribution is 2.28. The van der Waals surface area contributed by atoms with Crippen molar-refractivity contribution < 1.29 is 13.2 Å². The molecule has 1 saturated carbocycles. The maximum absolute atomic E-state index is 12.9. The molecule has 1 saturated heterocycles. The van der Waals surface area contributed by atoms with E-state index >= 15 is 0 Å². The Morgan fingerprint density at radius 3 is 2.42 bits per heavy atom. The van der Waals surface area contributed by atoms with Crippen molar-refractivity contribution in [3.63, 3.8) is 0 Å². The number of carbonyl (C=O) groups is 1. The first-order valence-corrected chi connectivity index (χ1v) is 11.4. The molecule has 0 spiro atoms. The van der Waals surface area contributed by atoms with Gasteiger partial charge in [0.1, 0.15) is 4.90 Å². The van der Waals surface area contributed by atoms with Crippen molar-refractivity contribution in [3.8, 4) is 0 Å². The maximum atomic E-state index is 12.9. The summed E-state index contributed by atoms with van der Waals surface area (Å²) < 4.78 is 27.3. The molecule has 1 aliphatic heterocycles. The zero-order valence-corrected chi connectivity index (χ0v) is 16.6. The number of nitrogens with zero attached hydrogens (tertiary/aromatic N) is 1. The van der Waals surface area contributed by atoms with Gasteiger partial charge in [-0.2, -0.15) is 4.31 Å². The summed E-state index contributed by atoms with van der Waals surface area (Å²) in [6.45, 7) is 1.67. The molecule has 1 amide bonds. The van der Waals surface area contributed by atoms with Gasteiger partial charge in [-0.3, -0.25) is 4.79 Å². The van der Waals surface area contributed by atoms with Gasteiger partial charge in [-0.25, -0.2) is 8.42 Å². The van der Waals surface area contributed by atoms with Crippen LogP contribution < -0.4 is 5.32 Å². The monoisotopic (exact) mass is 398 g/mol. The molecule has 1 aliphatic carbocycles. The van der Waals surface area contributed by atoms with Crippen LogP contribution >= 0.6 is 11.6 Å². The number of carbonyl (C=O) groups excluding carboxylic acids is 1. The van der Waals surface area contributed by atoms with Crippen molar-refractivity contribution in [2.75, 3.05) is 19.6 Å². The minimum atomic E-state index is -3.66. The third kappa shape index (κ3) is 4.59. The Morgan fingerprint density at radius 2 is 1.73 bits per heavy atom. The van der Waals surface area contributed by atoms with E-state index in [0.29, 0.717) is 31.1 Å². The van der Waals surface area contributed by atoms with E-state index in [1.807, 2.05) is 0 Å². The molecule has 0 atom stereocenters. The summed E-state index contributed by atoms with van der Waals surface area (Å²) in [5, 5.41) is 3.12. The fourth-order valence-corrected chi connectivity index (χ4v) is 5.83. The molecule has 2 aliphatic rings. The van der Waals surface area contributed by atoms with E-state index in [4.69, 9.17) is 11.6 Å². The smallest absolute Gasteiger partial charge is 0.251 e. The van der Waals surface area contributed by atoms with Gasteiger partial charge in [-0.15, -0.1) is 0 Å². The molecule has 1 aromatic carbocycles. The van der Waals surface area contributed by atoms with Crippen LogP contribution in [0.15, 0.2) is 23.1 Å². The van der Waals surface area contributed by atoms with Crippen LogP contribution in [0, 0.1) is 5.92 Å². The Morgan fingerprint density at radius 1 is 1.08 bits per heavy atom. The molecule has 26 heavy (non-hydrogen) atoms. The molecular formula is C19H27ClN2O3S. The van der Waals surface area contributed by atoms with Gasteiger partial charge in [-0.05, 0) is 49.8 Å². The topological polar surface area (TPSA) is 66.5 Å². The average molecular weight is 399 g/mol. The highest BCUT2D eigenvalue weighted by Gasteiger charge is 2.28. The van der Waals surface area contributed by atoms with Gasteiger partial charge < -0.3 is 5.32 Å².